The van der Waals surface area contributed by atoms with E-state index in [2.05, 4.69) is 25.7 Å². The Hall–Kier alpha value is 0.0569. The van der Waals surface area contributed by atoms with Crippen molar-refractivity contribution in [3.8, 4) is 0 Å². The van der Waals surface area contributed by atoms with E-state index in [-0.39, 0.29) is 0 Å². The van der Waals surface area contributed by atoms with Gasteiger partial charge in [-0.1, -0.05) is 19.3 Å². The van der Waals surface area contributed by atoms with E-state index in [1.807, 2.05) is 0 Å². The molecule has 0 N–H and O–H groups in total. The van der Waals surface area contributed by atoms with E-state index in [0.717, 1.165) is 19.7 Å². The fourth-order valence-electron chi connectivity index (χ4n) is 3.73. The molecule has 2 rings (SSSR count). The number of hydrogen-bond donors (Lipinski definition) is 0. The van der Waals surface area contributed by atoms with E-state index < -0.39 is 13.9 Å². The first kappa shape index (κ1) is 16.4. The molecule has 0 radical (unpaired) electrons. The van der Waals surface area contributed by atoms with Crippen LogP contribution >= 0.6 is 0 Å². The molecular weight excluding hydrogens is 270 g/mol. The van der Waals surface area contributed by atoms with Gasteiger partial charge in [0.25, 0.3) is 8.32 Å². The van der Waals surface area contributed by atoms with Crippen molar-refractivity contribution in [2.24, 2.45) is 0 Å². The molecule has 0 amide bonds. The van der Waals surface area contributed by atoms with E-state index in [1.165, 1.54) is 37.8 Å². The maximum Gasteiger partial charge on any atom is 0.278 e. The summed E-state index contributed by atoms with van der Waals surface area (Å²) in [6.07, 6.45) is 5.11. The molecule has 20 heavy (non-hydrogen) atoms. The minimum atomic E-state index is -2.06. The van der Waals surface area contributed by atoms with Crippen LogP contribution < -0.4 is 0 Å². The first-order chi connectivity index (χ1) is 9.74. The van der Waals surface area contributed by atoms with Crippen LogP contribution in [0.1, 0.15) is 46.5 Å². The minimum absolute atomic E-state index is 0.537. The molecule has 0 atom stereocenters. The van der Waals surface area contributed by atoms with Crippen LogP contribution in [-0.2, 0) is 13.9 Å². The van der Waals surface area contributed by atoms with Crippen LogP contribution in [0.25, 0.3) is 0 Å². The lowest BCUT2D eigenvalue weighted by Gasteiger charge is -2.56. The van der Waals surface area contributed by atoms with E-state index in [1.54, 1.807) is 0 Å². The number of likely N-dealkylation sites (tertiary alicyclic amines) is 1. The van der Waals surface area contributed by atoms with E-state index >= 15 is 0 Å². The Morgan fingerprint density at radius 1 is 0.850 bits per heavy atom. The molecule has 0 bridgehead atoms. The average molecular weight is 302 g/mol. The predicted octanol–water partition coefficient (Wildman–Crippen LogP) is 3.12. The molecule has 0 aromatic rings. The van der Waals surface area contributed by atoms with Gasteiger partial charge in [-0.25, -0.2) is 0 Å². The number of rotatable bonds is 8. The van der Waals surface area contributed by atoms with Crippen LogP contribution in [0.3, 0.4) is 0 Å². The molecule has 4 nitrogen and oxygen atoms in total. The molecule has 0 unspecified atom stereocenters. The largest absolute Gasteiger partial charge is 0.410 e. The van der Waals surface area contributed by atoms with Crippen LogP contribution in [-0.4, -0.2) is 51.7 Å². The van der Waals surface area contributed by atoms with Gasteiger partial charge in [0.1, 0.15) is 0 Å². The molecule has 5 heteroatoms. The van der Waals surface area contributed by atoms with Crippen molar-refractivity contribution in [1.82, 2.24) is 4.90 Å². The molecule has 2 aliphatic heterocycles. The van der Waals surface area contributed by atoms with Gasteiger partial charge in [0.2, 0.25) is 5.53 Å². The van der Waals surface area contributed by atoms with Gasteiger partial charge in [0.15, 0.2) is 0 Å². The van der Waals surface area contributed by atoms with E-state index in [0.29, 0.717) is 13.2 Å². The molecule has 2 aliphatic rings. The maximum absolute atomic E-state index is 6.45. The lowest BCUT2D eigenvalue weighted by molar-refractivity contribution is -0.288. The molecule has 0 aromatic carbocycles. The van der Waals surface area contributed by atoms with Crippen LogP contribution in [0, 0.1) is 0 Å². The fourth-order valence-corrected chi connectivity index (χ4v) is 8.89. The Bertz CT molecular complexity index is 279. The lowest BCUT2D eigenvalue weighted by Crippen LogP contribution is -2.74. The summed E-state index contributed by atoms with van der Waals surface area (Å²) >= 11 is 0. The van der Waals surface area contributed by atoms with E-state index in [9.17, 15) is 0 Å². The zero-order valence-electron chi connectivity index (χ0n) is 13.5. The van der Waals surface area contributed by atoms with Gasteiger partial charge >= 0.3 is 0 Å². The van der Waals surface area contributed by atoms with Crippen molar-refractivity contribution in [2.75, 3.05) is 32.9 Å². The van der Waals surface area contributed by atoms with Gasteiger partial charge in [0, 0.05) is 32.9 Å². The number of ether oxygens (including phenoxy) is 2. The molecule has 0 aromatic heterocycles. The topological polar surface area (TPSA) is 30.9 Å². The third-order valence-corrected chi connectivity index (χ3v) is 9.53. The number of nitrogens with zero attached hydrogens (tertiary/aromatic N) is 1. The molecular formula is C15H31NO3Si. The Kier molecular flexibility index (Phi) is 6.04. The third-order valence-electron chi connectivity index (χ3n) is 4.61. The Morgan fingerprint density at radius 3 is 1.85 bits per heavy atom. The molecule has 2 saturated heterocycles. The highest BCUT2D eigenvalue weighted by atomic mass is 28.4. The van der Waals surface area contributed by atoms with Crippen LogP contribution in [0.4, 0.5) is 0 Å². The van der Waals surface area contributed by atoms with Gasteiger partial charge in [-0.3, -0.25) is 4.90 Å². The van der Waals surface area contributed by atoms with Gasteiger partial charge in [-0.2, -0.15) is 0 Å². The molecule has 2 fully saturated rings. The zero-order valence-corrected chi connectivity index (χ0v) is 14.5. The highest BCUT2D eigenvalue weighted by molar-refractivity contribution is 6.76. The molecule has 0 spiro atoms. The highest BCUT2D eigenvalue weighted by Gasteiger charge is 2.62. The summed E-state index contributed by atoms with van der Waals surface area (Å²) in [5, 5.41) is 0. The SMILES string of the molecule is CCOC(OCC)(N1CCC1)[Si]1(OCC)CCCCC1. The van der Waals surface area contributed by atoms with Crippen molar-refractivity contribution < 1.29 is 13.9 Å². The maximum atomic E-state index is 6.45. The molecule has 2 heterocycles. The zero-order chi connectivity index (χ0) is 14.5. The second-order valence-corrected chi connectivity index (χ2v) is 9.69. The van der Waals surface area contributed by atoms with Gasteiger partial charge < -0.3 is 13.9 Å². The lowest BCUT2D eigenvalue weighted by atomic mass is 10.2. The predicted molar refractivity (Wildman–Crippen MR) is 83.0 cm³/mol. The van der Waals surface area contributed by atoms with Crippen LogP contribution in [0.2, 0.25) is 12.1 Å². The van der Waals surface area contributed by atoms with Crippen molar-refractivity contribution in [3.05, 3.63) is 0 Å². The highest BCUT2D eigenvalue weighted by Crippen LogP contribution is 2.44. The third kappa shape index (κ3) is 2.83. The Morgan fingerprint density at radius 2 is 1.45 bits per heavy atom. The van der Waals surface area contributed by atoms with Crippen molar-refractivity contribution in [3.63, 3.8) is 0 Å². The van der Waals surface area contributed by atoms with E-state index in [4.69, 9.17) is 13.9 Å². The second-order valence-electron chi connectivity index (χ2n) is 5.78. The first-order valence-corrected chi connectivity index (χ1v) is 10.7. The van der Waals surface area contributed by atoms with Crippen molar-refractivity contribution in [1.29, 1.82) is 0 Å². The van der Waals surface area contributed by atoms with Crippen LogP contribution in [0.5, 0.6) is 0 Å². The number of hydrogen-bond acceptors (Lipinski definition) is 4. The minimum Gasteiger partial charge on any atom is -0.410 e. The normalized spacial score (nSPS) is 23.6. The van der Waals surface area contributed by atoms with Crippen molar-refractivity contribution in [2.45, 2.75) is 64.1 Å². The summed E-state index contributed by atoms with van der Waals surface area (Å²) in [5.74, 6) is 0. The Labute approximate surface area is 124 Å². The molecule has 0 saturated carbocycles. The molecule has 118 valence electrons. The smallest absolute Gasteiger partial charge is 0.278 e. The van der Waals surface area contributed by atoms with Gasteiger partial charge in [0.05, 0.1) is 0 Å². The summed E-state index contributed by atoms with van der Waals surface area (Å²) in [7, 11) is -2.06. The first-order valence-electron chi connectivity index (χ1n) is 8.41. The summed E-state index contributed by atoms with van der Waals surface area (Å²) in [6, 6.07) is 2.36. The quantitative estimate of drug-likeness (QED) is 0.509. The standard InChI is InChI=1S/C15H31NO3Si/c1-4-17-15(18-5-2,16-11-10-12-16)20(19-6-3)13-8-7-9-14-20/h4-14H2,1-3H3. The van der Waals surface area contributed by atoms with Crippen molar-refractivity contribution >= 4 is 8.32 Å². The summed E-state index contributed by atoms with van der Waals surface area (Å²) in [5.41, 5.74) is -0.537. The second kappa shape index (κ2) is 7.36. The van der Waals surface area contributed by atoms with Gasteiger partial charge in [-0.15, -0.1) is 0 Å². The van der Waals surface area contributed by atoms with Gasteiger partial charge in [-0.05, 0) is 39.3 Å². The van der Waals surface area contributed by atoms with Crippen LogP contribution in [0.15, 0.2) is 0 Å². The summed E-state index contributed by atoms with van der Waals surface area (Å²) in [4.78, 5) is 2.41. The molecule has 0 aliphatic carbocycles. The summed E-state index contributed by atoms with van der Waals surface area (Å²) in [6.45, 7) is 10.6. The Balaban J connectivity index is 2.32. The fraction of sp³-hybridized carbons (Fsp3) is 1.00. The monoisotopic (exact) mass is 301 g/mol. The summed E-state index contributed by atoms with van der Waals surface area (Å²) < 4.78 is 19.1. The average Bonchev–Trinajstić information content (AvgIpc) is 2.38.